The highest BCUT2D eigenvalue weighted by atomic mass is 35.5. The molecule has 3 heteroatoms. The fourth-order valence-electron chi connectivity index (χ4n) is 0.731. The van der Waals surface area contributed by atoms with Gasteiger partial charge in [0, 0.05) is 12.4 Å². The fraction of sp³-hybridized carbons (Fsp3) is 0.125. The van der Waals surface area contributed by atoms with E-state index in [0.29, 0.717) is 11.4 Å². The molecule has 1 aromatic rings. The Morgan fingerprint density at radius 1 is 1.64 bits per heavy atom. The lowest BCUT2D eigenvalue weighted by molar-refractivity contribution is 1.15. The second kappa shape index (κ2) is 3.95. The first-order valence-corrected chi connectivity index (χ1v) is 3.51. The Morgan fingerprint density at radius 3 is 3.09 bits per heavy atom. The molecule has 1 rings (SSSR count). The minimum absolute atomic E-state index is 0.601. The maximum atomic E-state index is 8.24. The van der Waals surface area contributed by atoms with Gasteiger partial charge in [0.05, 0.1) is 17.5 Å². The molecule has 1 radical (unpaired) electrons. The summed E-state index contributed by atoms with van der Waals surface area (Å²) in [7, 11) is 0. The number of hydrogen-bond acceptors (Lipinski definition) is 2. The van der Waals surface area contributed by atoms with Crippen molar-refractivity contribution in [1.29, 1.82) is 5.26 Å². The van der Waals surface area contributed by atoms with E-state index < -0.39 is 0 Å². The molecule has 0 amide bonds. The van der Waals surface area contributed by atoms with Gasteiger partial charge in [-0.15, -0.1) is 0 Å². The third-order valence-corrected chi connectivity index (χ3v) is 1.40. The largest absolute Gasteiger partial charge is 0.263 e. The first-order chi connectivity index (χ1) is 5.33. The Bertz CT molecular complexity index is 278. The van der Waals surface area contributed by atoms with Crippen molar-refractivity contribution in [3.8, 4) is 6.07 Å². The predicted octanol–water partition coefficient (Wildman–Crippen LogP) is 2.01. The molecule has 1 aromatic heterocycles. The maximum Gasteiger partial charge on any atom is 0.0673 e. The molecule has 11 heavy (non-hydrogen) atoms. The molecular formula is C8H6ClN2. The zero-order valence-corrected chi connectivity index (χ0v) is 6.54. The quantitative estimate of drug-likeness (QED) is 0.672. The third kappa shape index (κ3) is 2.57. The van der Waals surface area contributed by atoms with Crippen molar-refractivity contribution in [2.24, 2.45) is 0 Å². The molecule has 1 heterocycles. The molecule has 0 saturated heterocycles. The average molecular weight is 166 g/mol. The molecule has 0 fully saturated rings. The van der Waals surface area contributed by atoms with Crippen molar-refractivity contribution in [1.82, 2.24) is 4.98 Å². The highest BCUT2D eigenvalue weighted by molar-refractivity contribution is 6.30. The van der Waals surface area contributed by atoms with Gasteiger partial charge in [0.15, 0.2) is 0 Å². The third-order valence-electron chi connectivity index (χ3n) is 1.19. The molecule has 0 unspecified atom stereocenters. The summed E-state index contributed by atoms with van der Waals surface area (Å²) in [5, 5.41) is 8.84. The Kier molecular flexibility index (Phi) is 2.88. The van der Waals surface area contributed by atoms with E-state index in [2.05, 4.69) is 4.98 Å². The molecule has 0 aliphatic carbocycles. The molecular weight excluding hydrogens is 160 g/mol. The normalized spacial score (nSPS) is 9.09. The molecule has 0 bridgehead atoms. The molecule has 0 aromatic carbocycles. The summed E-state index contributed by atoms with van der Waals surface area (Å²) in [6.45, 7) is 0. The summed E-state index contributed by atoms with van der Waals surface area (Å²) in [5.74, 6) is 0. The lowest BCUT2D eigenvalue weighted by Gasteiger charge is -1.94. The van der Waals surface area contributed by atoms with Gasteiger partial charge in [0.25, 0.3) is 0 Å². The minimum Gasteiger partial charge on any atom is -0.263 e. The van der Waals surface area contributed by atoms with Crippen LogP contribution in [0.1, 0.15) is 5.56 Å². The highest BCUT2D eigenvalue weighted by Gasteiger charge is 1.93. The van der Waals surface area contributed by atoms with Crippen molar-refractivity contribution >= 4 is 11.6 Å². The van der Waals surface area contributed by atoms with E-state index in [4.69, 9.17) is 16.9 Å². The van der Waals surface area contributed by atoms with Crippen LogP contribution in [0.15, 0.2) is 18.5 Å². The van der Waals surface area contributed by atoms with Crippen LogP contribution in [0, 0.1) is 17.8 Å². The summed E-state index contributed by atoms with van der Waals surface area (Å²) in [6.07, 6.45) is 5.37. The Morgan fingerprint density at radius 2 is 2.45 bits per heavy atom. The molecule has 55 valence electrons. The van der Waals surface area contributed by atoms with Crippen LogP contribution < -0.4 is 0 Å². The van der Waals surface area contributed by atoms with Gasteiger partial charge in [-0.25, -0.2) is 0 Å². The van der Waals surface area contributed by atoms with Gasteiger partial charge < -0.3 is 0 Å². The lowest BCUT2D eigenvalue weighted by atomic mass is 10.2. The van der Waals surface area contributed by atoms with Gasteiger partial charge in [-0.1, -0.05) is 11.6 Å². The second-order valence-corrected chi connectivity index (χ2v) is 2.49. The van der Waals surface area contributed by atoms with Crippen LogP contribution >= 0.6 is 11.6 Å². The Hall–Kier alpha value is -1.07. The summed E-state index contributed by atoms with van der Waals surface area (Å²) in [6, 6.07) is 3.73. The molecule has 0 saturated carbocycles. The van der Waals surface area contributed by atoms with Crippen LogP contribution in [0.5, 0.6) is 0 Å². The number of rotatable bonds is 2. The van der Waals surface area contributed by atoms with Gasteiger partial charge in [0.1, 0.15) is 0 Å². The van der Waals surface area contributed by atoms with E-state index in [-0.39, 0.29) is 0 Å². The molecule has 0 aliphatic heterocycles. The number of nitrogens with zero attached hydrogens (tertiary/aromatic N) is 2. The van der Waals surface area contributed by atoms with Gasteiger partial charge >= 0.3 is 0 Å². The van der Waals surface area contributed by atoms with Crippen LogP contribution in [0.2, 0.25) is 5.02 Å². The number of halogens is 1. The van der Waals surface area contributed by atoms with Crippen molar-refractivity contribution in [2.75, 3.05) is 0 Å². The monoisotopic (exact) mass is 165 g/mol. The van der Waals surface area contributed by atoms with Gasteiger partial charge in [-0.3, -0.25) is 4.98 Å². The van der Waals surface area contributed by atoms with Crippen molar-refractivity contribution in [3.05, 3.63) is 35.5 Å². The molecule has 0 atom stereocenters. The first-order valence-electron chi connectivity index (χ1n) is 3.13. The predicted molar refractivity (Wildman–Crippen MR) is 42.9 cm³/mol. The van der Waals surface area contributed by atoms with E-state index in [1.807, 2.05) is 6.07 Å². The topological polar surface area (TPSA) is 36.7 Å². The van der Waals surface area contributed by atoms with Gasteiger partial charge in [-0.2, -0.15) is 5.26 Å². The second-order valence-electron chi connectivity index (χ2n) is 2.05. The Balaban J connectivity index is 2.65. The number of hydrogen-bond donors (Lipinski definition) is 0. The first kappa shape index (κ1) is 8.03. The van der Waals surface area contributed by atoms with Crippen LogP contribution in [0.25, 0.3) is 0 Å². The van der Waals surface area contributed by atoms with E-state index in [0.717, 1.165) is 5.56 Å². The summed E-state index contributed by atoms with van der Waals surface area (Å²) in [5.41, 5.74) is 0.957. The van der Waals surface area contributed by atoms with Crippen LogP contribution in [-0.4, -0.2) is 4.98 Å². The van der Waals surface area contributed by atoms with E-state index in [9.17, 15) is 0 Å². The number of pyridine rings is 1. The van der Waals surface area contributed by atoms with Crippen molar-refractivity contribution < 1.29 is 0 Å². The maximum absolute atomic E-state index is 8.24. The fourth-order valence-corrected chi connectivity index (χ4v) is 0.927. The van der Waals surface area contributed by atoms with Gasteiger partial charge in [-0.05, 0) is 18.1 Å². The smallest absolute Gasteiger partial charge is 0.0673 e. The molecule has 0 aliphatic rings. The van der Waals surface area contributed by atoms with E-state index in [1.54, 1.807) is 18.5 Å². The van der Waals surface area contributed by atoms with E-state index in [1.165, 1.54) is 6.42 Å². The van der Waals surface area contributed by atoms with Crippen molar-refractivity contribution in [3.63, 3.8) is 0 Å². The summed E-state index contributed by atoms with van der Waals surface area (Å²) in [4.78, 5) is 3.88. The average Bonchev–Trinajstić information content (AvgIpc) is 2.01. The van der Waals surface area contributed by atoms with Crippen LogP contribution in [0.4, 0.5) is 0 Å². The van der Waals surface area contributed by atoms with Crippen LogP contribution in [-0.2, 0) is 6.42 Å². The van der Waals surface area contributed by atoms with Crippen molar-refractivity contribution in [2.45, 2.75) is 6.42 Å². The summed E-state index contributed by atoms with van der Waals surface area (Å²) >= 11 is 5.66. The SMILES string of the molecule is N#C[CH]Cc1cncc(Cl)c1. The Labute approximate surface area is 70.4 Å². The minimum atomic E-state index is 0.601. The molecule has 0 spiro atoms. The molecule has 0 N–H and O–H groups in total. The zero-order chi connectivity index (χ0) is 8.10. The standard InChI is InChI=1S/C8H6ClN2/c9-8-4-7(2-1-3-10)5-11-6-8/h1,4-6H,2H2. The van der Waals surface area contributed by atoms with Gasteiger partial charge in [0.2, 0.25) is 0 Å². The number of aromatic nitrogens is 1. The zero-order valence-electron chi connectivity index (χ0n) is 5.79. The van der Waals surface area contributed by atoms with Crippen LogP contribution in [0.3, 0.4) is 0 Å². The summed E-state index contributed by atoms with van der Waals surface area (Å²) < 4.78 is 0. The highest BCUT2D eigenvalue weighted by Crippen LogP contribution is 2.09. The van der Waals surface area contributed by atoms with E-state index >= 15 is 0 Å². The number of nitriles is 1. The lowest BCUT2D eigenvalue weighted by Crippen LogP contribution is -1.85. The molecule has 2 nitrogen and oxygen atoms in total.